The van der Waals surface area contributed by atoms with Gasteiger partial charge in [0.2, 0.25) is 5.91 Å². The van der Waals surface area contributed by atoms with E-state index in [0.29, 0.717) is 12.5 Å². The molecule has 5 nitrogen and oxygen atoms in total. The molecule has 1 amide bonds. The summed E-state index contributed by atoms with van der Waals surface area (Å²) in [6.07, 6.45) is 3.21. The van der Waals surface area contributed by atoms with Crippen LogP contribution in [0.4, 0.5) is 0 Å². The number of likely N-dealkylation sites (tertiary alicyclic amines) is 2. The summed E-state index contributed by atoms with van der Waals surface area (Å²) in [7, 11) is 0. The predicted octanol–water partition coefficient (Wildman–Crippen LogP) is 3.87. The van der Waals surface area contributed by atoms with Crippen molar-refractivity contribution in [2.75, 3.05) is 32.7 Å². The van der Waals surface area contributed by atoms with Gasteiger partial charge >= 0.3 is 0 Å². The van der Waals surface area contributed by atoms with Crippen LogP contribution in [0.15, 0.2) is 54.6 Å². The molecular formula is C25H30N4OS. The van der Waals surface area contributed by atoms with Crippen molar-refractivity contribution >= 4 is 27.5 Å². The van der Waals surface area contributed by atoms with Crippen LogP contribution in [0.25, 0.3) is 10.2 Å². The first-order chi connectivity index (χ1) is 15.2. The highest BCUT2D eigenvalue weighted by atomic mass is 32.1. The van der Waals surface area contributed by atoms with Crippen LogP contribution >= 0.6 is 11.3 Å². The van der Waals surface area contributed by atoms with Crippen LogP contribution in [0.2, 0.25) is 0 Å². The number of amides is 1. The molecule has 0 radical (unpaired) electrons. The Labute approximate surface area is 188 Å². The number of nitrogens with zero attached hydrogens (tertiary/aromatic N) is 3. The average Bonchev–Trinajstić information content (AvgIpc) is 3.41. The number of hydrogen-bond acceptors (Lipinski definition) is 5. The maximum Gasteiger partial charge on any atom is 0.234 e. The van der Waals surface area contributed by atoms with Crippen LogP contribution in [-0.4, -0.2) is 59.5 Å². The molecule has 0 aliphatic carbocycles. The number of benzene rings is 2. The molecule has 2 fully saturated rings. The smallest absolute Gasteiger partial charge is 0.234 e. The minimum atomic E-state index is 0.171. The van der Waals surface area contributed by atoms with Gasteiger partial charge in [0.15, 0.2) is 0 Å². The minimum Gasteiger partial charge on any atom is -0.351 e. The Morgan fingerprint density at radius 1 is 0.968 bits per heavy atom. The number of thiazole rings is 1. The van der Waals surface area contributed by atoms with Gasteiger partial charge in [-0.25, -0.2) is 4.98 Å². The molecule has 3 heterocycles. The summed E-state index contributed by atoms with van der Waals surface area (Å²) in [5.74, 6) is 0.697. The van der Waals surface area contributed by atoms with Crippen molar-refractivity contribution < 1.29 is 4.79 Å². The van der Waals surface area contributed by atoms with E-state index in [2.05, 4.69) is 69.7 Å². The normalized spacial score (nSPS) is 21.0. The second-order valence-corrected chi connectivity index (χ2v) is 9.91. The Balaban J connectivity index is 1.06. The fraction of sp³-hybridized carbons (Fsp3) is 0.440. The van der Waals surface area contributed by atoms with E-state index in [1.54, 1.807) is 0 Å². The lowest BCUT2D eigenvalue weighted by molar-refractivity contribution is -0.123. The molecule has 1 unspecified atom stereocenters. The molecule has 162 valence electrons. The van der Waals surface area contributed by atoms with Gasteiger partial charge in [0, 0.05) is 31.6 Å². The van der Waals surface area contributed by atoms with Gasteiger partial charge in [-0.15, -0.1) is 11.3 Å². The van der Waals surface area contributed by atoms with E-state index in [0.717, 1.165) is 57.5 Å². The summed E-state index contributed by atoms with van der Waals surface area (Å²) >= 11 is 1.83. The summed E-state index contributed by atoms with van der Waals surface area (Å²) in [6.45, 7) is 5.42. The highest BCUT2D eigenvalue weighted by Crippen LogP contribution is 2.33. The molecule has 2 aliphatic rings. The molecule has 2 saturated heterocycles. The lowest BCUT2D eigenvalue weighted by Crippen LogP contribution is -2.45. The molecule has 5 rings (SSSR count). The number of nitrogens with one attached hydrogen (secondary N) is 1. The van der Waals surface area contributed by atoms with Crippen LogP contribution in [0, 0.1) is 0 Å². The molecular weight excluding hydrogens is 404 g/mol. The number of piperidine rings is 1. The number of aromatic nitrogens is 1. The molecule has 3 aromatic rings. The van der Waals surface area contributed by atoms with Crippen molar-refractivity contribution in [2.24, 2.45) is 0 Å². The van der Waals surface area contributed by atoms with Crippen molar-refractivity contribution in [2.45, 2.75) is 37.8 Å². The zero-order valence-electron chi connectivity index (χ0n) is 17.9. The maximum absolute atomic E-state index is 12.6. The highest BCUT2D eigenvalue weighted by molar-refractivity contribution is 7.18. The van der Waals surface area contributed by atoms with Gasteiger partial charge in [0.05, 0.1) is 21.8 Å². The second-order valence-electron chi connectivity index (χ2n) is 8.84. The van der Waals surface area contributed by atoms with Gasteiger partial charge in [-0.1, -0.05) is 42.5 Å². The third-order valence-electron chi connectivity index (χ3n) is 6.50. The Bertz CT molecular complexity index is 980. The lowest BCUT2D eigenvalue weighted by atomic mass is 9.97. The quantitative estimate of drug-likeness (QED) is 0.640. The fourth-order valence-corrected chi connectivity index (χ4v) is 5.95. The standard InChI is InChI=1S/C25H30N4OS/c30-24(26-21-12-15-29(17-21)16-19-6-2-1-3-7-19)18-28-13-10-20(11-14-28)25-27-22-8-4-5-9-23(22)31-25/h1-9,20-21H,10-18H2,(H,26,30). The van der Waals surface area contributed by atoms with E-state index in [4.69, 9.17) is 4.98 Å². The van der Waals surface area contributed by atoms with Gasteiger partial charge in [0.25, 0.3) is 0 Å². The van der Waals surface area contributed by atoms with Gasteiger partial charge in [-0.2, -0.15) is 0 Å². The SMILES string of the molecule is O=C(CN1CCC(c2nc3ccccc3s2)CC1)NC1CCN(Cc2ccccc2)C1. The largest absolute Gasteiger partial charge is 0.351 e. The first kappa shape index (κ1) is 20.6. The number of carbonyl (C=O) groups excluding carboxylic acids is 1. The zero-order valence-corrected chi connectivity index (χ0v) is 18.7. The molecule has 0 bridgehead atoms. The highest BCUT2D eigenvalue weighted by Gasteiger charge is 2.27. The van der Waals surface area contributed by atoms with Crippen LogP contribution in [0.3, 0.4) is 0 Å². The number of hydrogen-bond donors (Lipinski definition) is 1. The number of carbonyl (C=O) groups is 1. The van der Waals surface area contributed by atoms with Crippen molar-refractivity contribution in [1.82, 2.24) is 20.1 Å². The molecule has 1 N–H and O–H groups in total. The number of rotatable bonds is 6. The van der Waals surface area contributed by atoms with E-state index < -0.39 is 0 Å². The lowest BCUT2D eigenvalue weighted by Gasteiger charge is -2.30. The first-order valence-corrected chi connectivity index (χ1v) is 12.2. The Kier molecular flexibility index (Phi) is 6.30. The number of para-hydroxylation sites is 1. The number of fused-ring (bicyclic) bond motifs is 1. The van der Waals surface area contributed by atoms with Gasteiger partial charge in [0.1, 0.15) is 0 Å². The summed E-state index contributed by atoms with van der Waals surface area (Å²) in [5, 5.41) is 4.53. The van der Waals surface area contributed by atoms with E-state index in [1.165, 1.54) is 15.3 Å². The summed E-state index contributed by atoms with van der Waals surface area (Å²) in [5.41, 5.74) is 2.45. The van der Waals surface area contributed by atoms with Crippen molar-refractivity contribution in [3.63, 3.8) is 0 Å². The second kappa shape index (κ2) is 9.47. The van der Waals surface area contributed by atoms with Crippen LogP contribution in [0.1, 0.15) is 35.8 Å². The molecule has 31 heavy (non-hydrogen) atoms. The molecule has 2 aliphatic heterocycles. The monoisotopic (exact) mass is 434 g/mol. The van der Waals surface area contributed by atoms with E-state index in [9.17, 15) is 4.79 Å². The molecule has 1 atom stereocenters. The Hall–Kier alpha value is -2.28. The van der Waals surface area contributed by atoms with Gasteiger partial charge < -0.3 is 5.32 Å². The third-order valence-corrected chi connectivity index (χ3v) is 7.70. The van der Waals surface area contributed by atoms with Crippen LogP contribution in [-0.2, 0) is 11.3 Å². The molecule has 0 spiro atoms. The maximum atomic E-state index is 12.6. The Morgan fingerprint density at radius 3 is 2.52 bits per heavy atom. The third kappa shape index (κ3) is 5.14. The van der Waals surface area contributed by atoms with Crippen molar-refractivity contribution in [3.8, 4) is 0 Å². The molecule has 6 heteroatoms. The van der Waals surface area contributed by atoms with Crippen molar-refractivity contribution in [3.05, 3.63) is 65.2 Å². The molecule has 2 aromatic carbocycles. The van der Waals surface area contributed by atoms with Gasteiger partial charge in [-0.05, 0) is 50.0 Å². The minimum absolute atomic E-state index is 0.171. The van der Waals surface area contributed by atoms with E-state index in [-0.39, 0.29) is 11.9 Å². The summed E-state index contributed by atoms with van der Waals surface area (Å²) in [4.78, 5) is 22.2. The average molecular weight is 435 g/mol. The van der Waals surface area contributed by atoms with E-state index >= 15 is 0 Å². The summed E-state index contributed by atoms with van der Waals surface area (Å²) in [6, 6.07) is 19.2. The molecule has 0 saturated carbocycles. The fourth-order valence-electron chi connectivity index (χ4n) is 4.81. The van der Waals surface area contributed by atoms with Crippen LogP contribution in [0.5, 0.6) is 0 Å². The van der Waals surface area contributed by atoms with Gasteiger partial charge in [-0.3, -0.25) is 14.6 Å². The summed E-state index contributed by atoms with van der Waals surface area (Å²) < 4.78 is 1.28. The predicted molar refractivity (Wildman–Crippen MR) is 126 cm³/mol. The Morgan fingerprint density at radius 2 is 1.71 bits per heavy atom. The topological polar surface area (TPSA) is 48.5 Å². The molecule has 1 aromatic heterocycles. The van der Waals surface area contributed by atoms with E-state index in [1.807, 2.05) is 11.3 Å². The van der Waals surface area contributed by atoms with Crippen molar-refractivity contribution in [1.29, 1.82) is 0 Å². The zero-order chi connectivity index (χ0) is 21.0. The first-order valence-electron chi connectivity index (χ1n) is 11.4. The van der Waals surface area contributed by atoms with Crippen LogP contribution < -0.4 is 5.32 Å².